The highest BCUT2D eigenvalue weighted by molar-refractivity contribution is 5.48. The van der Waals surface area contributed by atoms with Crippen LogP contribution in [0.25, 0.3) is 12.2 Å². The molecule has 0 bridgehead atoms. The number of pyridine rings is 1. The fraction of sp³-hybridized carbons (Fsp3) is 0.417. The number of hydrogen-bond donors (Lipinski definition) is 0. The first-order valence-electron chi connectivity index (χ1n) is 14.6. The fourth-order valence-corrected chi connectivity index (χ4v) is 6.79. The average Bonchev–Trinajstić information content (AvgIpc) is 3.10. The van der Waals surface area contributed by atoms with Crippen molar-refractivity contribution in [3.8, 4) is 0 Å². The molecule has 0 aliphatic heterocycles. The molecule has 1 heterocycles. The SMILES string of the molecule is C=C(C=c1c(=CC)ccc(=O)n1C1CCCc2ccccc21)Cc1ccc(C2(C)CCCC(C)CC2)cc1. The van der Waals surface area contributed by atoms with E-state index in [0.717, 1.165) is 47.7 Å². The van der Waals surface area contributed by atoms with Gasteiger partial charge in [0.15, 0.2) is 0 Å². The Kier molecular flexibility index (Phi) is 7.88. The fourth-order valence-electron chi connectivity index (χ4n) is 6.79. The van der Waals surface area contributed by atoms with Gasteiger partial charge in [-0.25, -0.2) is 0 Å². The minimum absolute atomic E-state index is 0.0617. The second kappa shape index (κ2) is 11.3. The molecule has 2 nitrogen and oxygen atoms in total. The third-order valence-corrected chi connectivity index (χ3v) is 9.20. The number of aryl methyl sites for hydroxylation is 1. The summed E-state index contributed by atoms with van der Waals surface area (Å²) in [5.41, 5.74) is 6.77. The first-order chi connectivity index (χ1) is 18.4. The Morgan fingerprint density at radius 2 is 1.79 bits per heavy atom. The maximum atomic E-state index is 13.3. The lowest BCUT2D eigenvalue weighted by molar-refractivity contribution is 0.400. The molecular weight excluding hydrogens is 462 g/mol. The molecule has 0 N–H and O–H groups in total. The van der Waals surface area contributed by atoms with Crippen molar-refractivity contribution in [2.45, 2.75) is 90.0 Å². The van der Waals surface area contributed by atoms with Crippen molar-refractivity contribution >= 4 is 12.2 Å². The minimum Gasteiger partial charge on any atom is -0.301 e. The molecule has 2 aliphatic carbocycles. The number of benzene rings is 2. The molecular formula is C36H43NO. The number of nitrogens with zero attached hydrogens (tertiary/aromatic N) is 1. The van der Waals surface area contributed by atoms with Crippen LogP contribution in [0.4, 0.5) is 0 Å². The van der Waals surface area contributed by atoms with Crippen LogP contribution in [0.1, 0.15) is 94.0 Å². The first kappa shape index (κ1) is 26.5. The molecule has 1 aromatic heterocycles. The van der Waals surface area contributed by atoms with Crippen LogP contribution in [0.5, 0.6) is 0 Å². The van der Waals surface area contributed by atoms with Gasteiger partial charge in [-0.3, -0.25) is 4.79 Å². The van der Waals surface area contributed by atoms with E-state index in [9.17, 15) is 4.79 Å². The first-order valence-corrected chi connectivity index (χ1v) is 14.6. The van der Waals surface area contributed by atoms with Crippen molar-refractivity contribution in [3.63, 3.8) is 0 Å². The van der Waals surface area contributed by atoms with E-state index in [2.05, 4.69) is 81.1 Å². The lowest BCUT2D eigenvalue weighted by Crippen LogP contribution is -2.45. The topological polar surface area (TPSA) is 22.0 Å². The van der Waals surface area contributed by atoms with Crippen molar-refractivity contribution in [1.82, 2.24) is 4.57 Å². The van der Waals surface area contributed by atoms with E-state index in [-0.39, 0.29) is 17.0 Å². The van der Waals surface area contributed by atoms with Crippen LogP contribution in [0.15, 0.2) is 77.6 Å². The van der Waals surface area contributed by atoms with Crippen LogP contribution in [-0.2, 0) is 18.3 Å². The Morgan fingerprint density at radius 1 is 1.00 bits per heavy atom. The molecule has 1 fully saturated rings. The summed E-state index contributed by atoms with van der Waals surface area (Å²) in [6.45, 7) is 11.3. The lowest BCUT2D eigenvalue weighted by atomic mass is 9.76. The van der Waals surface area contributed by atoms with E-state index in [1.807, 2.05) is 17.6 Å². The molecule has 0 amide bonds. The van der Waals surface area contributed by atoms with E-state index in [0.29, 0.717) is 0 Å². The normalized spacial score (nSPS) is 24.6. The summed E-state index contributed by atoms with van der Waals surface area (Å²) in [4.78, 5) is 13.3. The molecule has 3 atom stereocenters. The molecule has 0 saturated heterocycles. The van der Waals surface area contributed by atoms with Gasteiger partial charge in [0.05, 0.1) is 11.4 Å². The van der Waals surface area contributed by atoms with Crippen molar-refractivity contribution in [2.24, 2.45) is 5.92 Å². The van der Waals surface area contributed by atoms with E-state index >= 15 is 0 Å². The largest absolute Gasteiger partial charge is 0.301 e. The van der Waals surface area contributed by atoms with Gasteiger partial charge in [-0.2, -0.15) is 0 Å². The second-order valence-corrected chi connectivity index (χ2v) is 12.1. The average molecular weight is 506 g/mol. The highest BCUT2D eigenvalue weighted by Crippen LogP contribution is 2.39. The maximum absolute atomic E-state index is 13.3. The molecule has 0 radical (unpaired) electrons. The smallest absolute Gasteiger partial charge is 0.251 e. The van der Waals surface area contributed by atoms with E-state index in [1.54, 1.807) is 6.07 Å². The molecule has 2 heteroatoms. The van der Waals surface area contributed by atoms with Crippen molar-refractivity contribution in [3.05, 3.63) is 116 Å². The maximum Gasteiger partial charge on any atom is 0.251 e. The third-order valence-electron chi connectivity index (χ3n) is 9.20. The quantitative estimate of drug-likeness (QED) is 0.342. The summed E-state index contributed by atoms with van der Waals surface area (Å²) in [7, 11) is 0. The molecule has 2 aromatic carbocycles. The van der Waals surface area contributed by atoms with Crippen LogP contribution in [0.2, 0.25) is 0 Å². The van der Waals surface area contributed by atoms with E-state index < -0.39 is 0 Å². The van der Waals surface area contributed by atoms with Crippen LogP contribution >= 0.6 is 0 Å². The Balaban J connectivity index is 1.45. The number of fused-ring (bicyclic) bond motifs is 1. The number of rotatable bonds is 5. The number of hydrogen-bond acceptors (Lipinski definition) is 1. The third kappa shape index (κ3) is 5.51. The Morgan fingerprint density at radius 3 is 2.58 bits per heavy atom. The van der Waals surface area contributed by atoms with Gasteiger partial charge in [0.25, 0.3) is 5.56 Å². The van der Waals surface area contributed by atoms with E-state index in [4.69, 9.17) is 0 Å². The Labute approximate surface area is 228 Å². The predicted octanol–water partition coefficient (Wildman–Crippen LogP) is 7.01. The van der Waals surface area contributed by atoms with Crippen LogP contribution < -0.4 is 16.1 Å². The summed E-state index contributed by atoms with van der Waals surface area (Å²) < 4.78 is 2.02. The second-order valence-electron chi connectivity index (χ2n) is 12.1. The zero-order valence-electron chi connectivity index (χ0n) is 23.5. The van der Waals surface area contributed by atoms with Crippen molar-refractivity contribution < 1.29 is 0 Å². The van der Waals surface area contributed by atoms with Crippen LogP contribution in [-0.4, -0.2) is 4.57 Å². The highest BCUT2D eigenvalue weighted by Gasteiger charge is 2.29. The van der Waals surface area contributed by atoms with Gasteiger partial charge >= 0.3 is 0 Å². The molecule has 0 spiro atoms. The Bertz CT molecular complexity index is 1470. The highest BCUT2D eigenvalue weighted by atomic mass is 16.1. The number of allylic oxidation sites excluding steroid dienone is 1. The minimum atomic E-state index is 0.0617. The van der Waals surface area contributed by atoms with Gasteiger partial charge in [-0.05, 0) is 108 Å². The van der Waals surface area contributed by atoms with Gasteiger partial charge < -0.3 is 4.57 Å². The zero-order chi connectivity index (χ0) is 26.7. The molecule has 5 rings (SSSR count). The summed E-state index contributed by atoms with van der Waals surface area (Å²) in [6, 6.07) is 21.6. The molecule has 1 saturated carbocycles. The van der Waals surface area contributed by atoms with Crippen molar-refractivity contribution in [2.75, 3.05) is 0 Å². The standard InChI is InChI=1S/C36H43NO/c1-5-29-17-20-35(38)37(33-14-8-12-30-11-6-7-13-32(30)33)34(29)25-27(3)24-28-15-18-31(19-16-28)36(4)22-9-10-26(2)21-23-36/h5-7,11,13,15-20,25-26,33H,3,8-10,12,14,21-24H2,1-2,4H3. The van der Waals surface area contributed by atoms with Gasteiger partial charge in [0, 0.05) is 6.07 Å². The van der Waals surface area contributed by atoms with Gasteiger partial charge in [0.2, 0.25) is 0 Å². The van der Waals surface area contributed by atoms with Gasteiger partial charge in [-0.15, -0.1) is 0 Å². The van der Waals surface area contributed by atoms with Crippen LogP contribution in [0, 0.1) is 5.92 Å². The van der Waals surface area contributed by atoms with Crippen LogP contribution in [0.3, 0.4) is 0 Å². The molecule has 3 unspecified atom stereocenters. The summed E-state index contributed by atoms with van der Waals surface area (Å²) in [5.74, 6) is 0.845. The summed E-state index contributed by atoms with van der Waals surface area (Å²) >= 11 is 0. The summed E-state index contributed by atoms with van der Waals surface area (Å²) in [6.07, 6.45) is 14.8. The van der Waals surface area contributed by atoms with Crippen molar-refractivity contribution in [1.29, 1.82) is 0 Å². The molecule has 198 valence electrons. The van der Waals surface area contributed by atoms with E-state index in [1.165, 1.54) is 54.4 Å². The predicted molar refractivity (Wildman–Crippen MR) is 161 cm³/mol. The molecule has 38 heavy (non-hydrogen) atoms. The molecule has 2 aliphatic rings. The van der Waals surface area contributed by atoms with Gasteiger partial charge in [0.1, 0.15) is 0 Å². The van der Waals surface area contributed by atoms with Gasteiger partial charge in [-0.1, -0.05) is 87.9 Å². The lowest BCUT2D eigenvalue weighted by Gasteiger charge is -2.29. The number of aromatic nitrogens is 1. The Hall–Kier alpha value is -3.13. The summed E-state index contributed by atoms with van der Waals surface area (Å²) in [5, 5.41) is 2.06. The molecule has 3 aromatic rings. The zero-order valence-corrected chi connectivity index (χ0v) is 23.5. The monoisotopic (exact) mass is 505 g/mol.